The highest BCUT2D eigenvalue weighted by Crippen LogP contribution is 2.22. The molecule has 0 atom stereocenters. The van der Waals surface area contributed by atoms with Crippen LogP contribution in [-0.4, -0.2) is 28.1 Å². The van der Waals surface area contributed by atoms with Crippen molar-refractivity contribution in [2.45, 2.75) is 0 Å². The molecule has 1 heterocycles. The zero-order chi connectivity index (χ0) is 16.1. The molecular weight excluding hydrogens is 310 g/mol. The van der Waals surface area contributed by atoms with E-state index >= 15 is 0 Å². The number of hydrazone groups is 1. The molecule has 0 radical (unpaired) electrons. The number of carbonyl (C=O) groups excluding carboxylic acids is 1. The standard InChI is InChI=1S/C13H9N3O5S/c17-12(9-3-1-2-4-10(9)13(18)19)15-14-7-8-5-6-11(22-8)16(20)21/h1-7H,(H,15,17)(H,18,19)/b14-7+. The van der Waals surface area contributed by atoms with Gasteiger partial charge in [0.2, 0.25) is 0 Å². The second-order valence-electron chi connectivity index (χ2n) is 3.98. The summed E-state index contributed by atoms with van der Waals surface area (Å²) in [5.41, 5.74) is 2.02. The third-order valence-corrected chi connectivity index (χ3v) is 3.52. The van der Waals surface area contributed by atoms with E-state index < -0.39 is 16.8 Å². The van der Waals surface area contributed by atoms with Gasteiger partial charge in [-0.05, 0) is 18.2 Å². The molecule has 2 rings (SSSR count). The second kappa shape index (κ2) is 6.59. The molecule has 0 aliphatic carbocycles. The van der Waals surface area contributed by atoms with Gasteiger partial charge in [-0.25, -0.2) is 10.2 Å². The van der Waals surface area contributed by atoms with E-state index in [1.54, 1.807) is 0 Å². The Kier molecular flexibility index (Phi) is 4.59. The molecular formula is C13H9N3O5S. The minimum Gasteiger partial charge on any atom is -0.478 e. The first-order chi connectivity index (χ1) is 10.5. The summed E-state index contributed by atoms with van der Waals surface area (Å²) in [6.45, 7) is 0. The number of carbonyl (C=O) groups is 2. The van der Waals surface area contributed by atoms with Crippen molar-refractivity contribution in [2.75, 3.05) is 0 Å². The Morgan fingerprint density at radius 2 is 1.91 bits per heavy atom. The zero-order valence-corrected chi connectivity index (χ0v) is 11.7. The van der Waals surface area contributed by atoms with Crippen molar-refractivity contribution in [3.63, 3.8) is 0 Å². The summed E-state index contributed by atoms with van der Waals surface area (Å²) in [6.07, 6.45) is 1.25. The fraction of sp³-hybridized carbons (Fsp3) is 0. The molecule has 0 saturated heterocycles. The lowest BCUT2D eigenvalue weighted by atomic mass is 10.1. The second-order valence-corrected chi connectivity index (χ2v) is 5.08. The lowest BCUT2D eigenvalue weighted by molar-refractivity contribution is -0.380. The maximum atomic E-state index is 11.9. The van der Waals surface area contributed by atoms with Crippen LogP contribution in [0.3, 0.4) is 0 Å². The minimum absolute atomic E-state index is 0.0238. The molecule has 0 spiro atoms. The van der Waals surface area contributed by atoms with Crippen LogP contribution in [0.2, 0.25) is 0 Å². The van der Waals surface area contributed by atoms with Crippen molar-refractivity contribution in [2.24, 2.45) is 5.10 Å². The van der Waals surface area contributed by atoms with Crippen molar-refractivity contribution in [1.82, 2.24) is 5.43 Å². The van der Waals surface area contributed by atoms with Gasteiger partial charge in [-0.2, -0.15) is 5.10 Å². The number of nitrogens with zero attached hydrogens (tertiary/aromatic N) is 2. The molecule has 22 heavy (non-hydrogen) atoms. The molecule has 0 aliphatic rings. The maximum Gasteiger partial charge on any atom is 0.336 e. The van der Waals surface area contributed by atoms with Crippen molar-refractivity contribution in [3.8, 4) is 0 Å². The molecule has 1 aromatic heterocycles. The Bertz CT molecular complexity index is 769. The molecule has 0 fully saturated rings. The first-order valence-electron chi connectivity index (χ1n) is 5.89. The van der Waals surface area contributed by atoms with Gasteiger partial charge >= 0.3 is 11.0 Å². The van der Waals surface area contributed by atoms with Crippen molar-refractivity contribution < 1.29 is 19.6 Å². The van der Waals surface area contributed by atoms with Gasteiger partial charge in [0.1, 0.15) is 0 Å². The predicted octanol–water partition coefficient (Wildman–Crippen LogP) is 2.12. The number of rotatable bonds is 5. The summed E-state index contributed by atoms with van der Waals surface area (Å²) in [6, 6.07) is 8.53. The van der Waals surface area contributed by atoms with Gasteiger partial charge in [-0.15, -0.1) is 0 Å². The van der Waals surface area contributed by atoms with E-state index in [0.29, 0.717) is 4.88 Å². The Balaban J connectivity index is 2.08. The molecule has 112 valence electrons. The fourth-order valence-corrected chi connectivity index (χ4v) is 2.29. The highest BCUT2D eigenvalue weighted by Gasteiger charge is 2.15. The van der Waals surface area contributed by atoms with Gasteiger partial charge in [0, 0.05) is 6.07 Å². The fourth-order valence-electron chi connectivity index (χ4n) is 1.59. The van der Waals surface area contributed by atoms with E-state index in [4.69, 9.17) is 5.11 Å². The maximum absolute atomic E-state index is 11.9. The van der Waals surface area contributed by atoms with Gasteiger partial charge in [0.15, 0.2) is 0 Å². The molecule has 0 saturated carbocycles. The van der Waals surface area contributed by atoms with Crippen molar-refractivity contribution >= 4 is 34.4 Å². The van der Waals surface area contributed by atoms with Crippen molar-refractivity contribution in [1.29, 1.82) is 0 Å². The van der Waals surface area contributed by atoms with E-state index in [0.717, 1.165) is 11.3 Å². The summed E-state index contributed by atoms with van der Waals surface area (Å²) < 4.78 is 0. The monoisotopic (exact) mass is 319 g/mol. The average molecular weight is 319 g/mol. The summed E-state index contributed by atoms with van der Waals surface area (Å²) in [5.74, 6) is -1.90. The van der Waals surface area contributed by atoms with Crippen LogP contribution < -0.4 is 5.43 Å². The number of hydrogen-bond acceptors (Lipinski definition) is 6. The molecule has 1 aromatic carbocycles. The average Bonchev–Trinajstić information content (AvgIpc) is 2.96. The lowest BCUT2D eigenvalue weighted by Crippen LogP contribution is -2.20. The van der Waals surface area contributed by atoms with Gasteiger partial charge in [0.25, 0.3) is 5.91 Å². The first-order valence-corrected chi connectivity index (χ1v) is 6.70. The van der Waals surface area contributed by atoms with Crippen LogP contribution in [0.5, 0.6) is 0 Å². The number of hydrogen-bond donors (Lipinski definition) is 2. The topological polar surface area (TPSA) is 122 Å². The van der Waals surface area contributed by atoms with E-state index in [2.05, 4.69) is 10.5 Å². The molecule has 0 unspecified atom stereocenters. The quantitative estimate of drug-likeness (QED) is 0.496. The number of nitro groups is 1. The van der Waals surface area contributed by atoms with Gasteiger partial charge in [-0.1, -0.05) is 23.5 Å². The van der Waals surface area contributed by atoms with Crippen LogP contribution in [0, 0.1) is 10.1 Å². The van der Waals surface area contributed by atoms with Gasteiger partial charge < -0.3 is 5.11 Å². The number of thiophene rings is 1. The predicted molar refractivity (Wildman–Crippen MR) is 79.4 cm³/mol. The number of benzene rings is 1. The van der Waals surface area contributed by atoms with Crippen LogP contribution in [0.4, 0.5) is 5.00 Å². The Morgan fingerprint density at radius 1 is 1.23 bits per heavy atom. The van der Waals surface area contributed by atoms with Crippen LogP contribution >= 0.6 is 11.3 Å². The van der Waals surface area contributed by atoms with Crippen molar-refractivity contribution in [3.05, 3.63) is 62.5 Å². The molecule has 0 aliphatic heterocycles. The summed E-state index contributed by atoms with van der Waals surface area (Å²) in [7, 11) is 0. The SMILES string of the molecule is O=C(O)c1ccccc1C(=O)N/N=C/c1ccc([N+](=O)[O-])s1. The first kappa shape index (κ1) is 15.3. The van der Waals surface area contributed by atoms with Crippen LogP contribution in [0.1, 0.15) is 25.6 Å². The van der Waals surface area contributed by atoms with Gasteiger partial charge in [-0.3, -0.25) is 14.9 Å². The summed E-state index contributed by atoms with van der Waals surface area (Å²) in [5, 5.41) is 23.1. The molecule has 0 bridgehead atoms. The number of carboxylic acids is 1. The number of amides is 1. The van der Waals surface area contributed by atoms with Crippen LogP contribution in [0.15, 0.2) is 41.5 Å². The zero-order valence-electron chi connectivity index (χ0n) is 10.9. The minimum atomic E-state index is -1.22. The van der Waals surface area contributed by atoms with E-state index in [9.17, 15) is 19.7 Å². The largest absolute Gasteiger partial charge is 0.478 e. The third-order valence-electron chi connectivity index (χ3n) is 2.55. The smallest absolute Gasteiger partial charge is 0.336 e. The summed E-state index contributed by atoms with van der Waals surface area (Å²) >= 11 is 0.903. The van der Waals surface area contributed by atoms with E-state index in [1.165, 1.54) is 42.6 Å². The van der Waals surface area contributed by atoms with Gasteiger partial charge in [0.05, 0.1) is 27.1 Å². The molecule has 8 nitrogen and oxygen atoms in total. The van der Waals surface area contributed by atoms with E-state index in [1.807, 2.05) is 0 Å². The Morgan fingerprint density at radius 3 is 2.50 bits per heavy atom. The summed E-state index contributed by atoms with van der Waals surface area (Å²) in [4.78, 5) is 33.4. The van der Waals surface area contributed by atoms with E-state index in [-0.39, 0.29) is 16.1 Å². The molecule has 9 heteroatoms. The number of nitrogens with one attached hydrogen (secondary N) is 1. The number of aromatic carboxylic acids is 1. The third kappa shape index (κ3) is 3.52. The normalized spacial score (nSPS) is 10.5. The Hall–Kier alpha value is -3.07. The lowest BCUT2D eigenvalue weighted by Gasteiger charge is -2.03. The molecule has 2 N–H and O–H groups in total. The number of carboxylic acid groups (broad SMARTS) is 1. The van der Waals surface area contributed by atoms with Crippen LogP contribution in [0.25, 0.3) is 0 Å². The highest BCUT2D eigenvalue weighted by molar-refractivity contribution is 7.16. The molecule has 1 amide bonds. The highest BCUT2D eigenvalue weighted by atomic mass is 32.1. The van der Waals surface area contributed by atoms with Crippen LogP contribution in [-0.2, 0) is 0 Å². The Labute approximate surface area is 127 Å². The molecule has 2 aromatic rings.